The lowest BCUT2D eigenvalue weighted by Crippen LogP contribution is -2.52. The van der Waals surface area contributed by atoms with E-state index in [1.165, 1.54) is 43.2 Å². The fourth-order valence-electron chi connectivity index (χ4n) is 12.5. The third-order valence-corrected chi connectivity index (χ3v) is 15.5. The first-order valence-electron chi connectivity index (χ1n) is 24.3. The van der Waals surface area contributed by atoms with Gasteiger partial charge >= 0.3 is 5.88 Å². The Hall–Kier alpha value is -7.38. The van der Waals surface area contributed by atoms with E-state index >= 15 is 0 Å². The van der Waals surface area contributed by atoms with Crippen LogP contribution < -0.4 is 18.9 Å². The van der Waals surface area contributed by atoms with Crippen molar-refractivity contribution < 1.29 is 56.9 Å². The molecule has 4 heterocycles. The number of alkyl halides is 4. The molecule has 2 saturated carbocycles. The first-order chi connectivity index (χ1) is 36.9. The number of nitriles is 2. The van der Waals surface area contributed by atoms with Crippen LogP contribution >= 0.6 is 11.6 Å². The molecule has 0 amide bonds. The Bertz CT molecular complexity index is 3260. The molecule has 77 heavy (non-hydrogen) atoms. The van der Waals surface area contributed by atoms with Gasteiger partial charge in [-0.2, -0.15) is 10.5 Å². The van der Waals surface area contributed by atoms with Crippen molar-refractivity contribution in [2.24, 2.45) is 11.8 Å². The van der Waals surface area contributed by atoms with E-state index in [1.807, 2.05) is 60.7 Å². The third kappa shape index (κ3) is 8.74. The minimum Gasteiger partial charge on any atom is -0.481 e. The van der Waals surface area contributed by atoms with Crippen LogP contribution in [0.2, 0.25) is 5.15 Å². The Morgan fingerprint density at radius 1 is 0.662 bits per heavy atom. The lowest BCUT2D eigenvalue weighted by atomic mass is 9.70. The van der Waals surface area contributed by atoms with Crippen molar-refractivity contribution >= 4 is 17.4 Å². The molecular weight excluding hydrogens is 1020 g/mol. The summed E-state index contributed by atoms with van der Waals surface area (Å²) in [6, 6.07) is 38.3. The Morgan fingerprint density at radius 2 is 1.05 bits per heavy atom. The van der Waals surface area contributed by atoms with Crippen LogP contribution in [0.1, 0.15) is 56.3 Å². The second kappa shape index (κ2) is 21.2. The van der Waals surface area contributed by atoms with Crippen LogP contribution in [-0.4, -0.2) is 120 Å². The number of halogens is 5. The largest absolute Gasteiger partial charge is 0.481 e. The van der Waals surface area contributed by atoms with E-state index < -0.39 is 84.2 Å². The maximum absolute atomic E-state index is 13.3. The molecule has 0 radical (unpaired) electrons. The average molecular weight is 1070 g/mol. The van der Waals surface area contributed by atoms with Gasteiger partial charge in [-0.05, 0) is 60.6 Å². The van der Waals surface area contributed by atoms with E-state index in [9.17, 15) is 48.5 Å². The number of aliphatic hydroxyl groups excluding tert-OH is 2. The summed E-state index contributed by atoms with van der Waals surface area (Å²) in [5.74, 6) is -2.81. The smallest absolute Gasteiger partial charge is 0.319 e. The van der Waals surface area contributed by atoms with Crippen LogP contribution in [0.25, 0.3) is 4.85 Å². The number of fused-ring (bicyclic) bond motifs is 6. The number of rotatable bonds is 14. The van der Waals surface area contributed by atoms with E-state index in [2.05, 4.69) is 27.0 Å². The van der Waals surface area contributed by atoms with Gasteiger partial charge in [0.15, 0.2) is 22.4 Å². The number of pyridine rings is 2. The number of methoxy groups -OCH3 is 2. The van der Waals surface area contributed by atoms with Crippen molar-refractivity contribution in [1.82, 2.24) is 19.8 Å². The molecule has 15 nitrogen and oxygen atoms in total. The van der Waals surface area contributed by atoms with Crippen molar-refractivity contribution in [3.8, 4) is 35.4 Å². The fourth-order valence-corrected chi connectivity index (χ4v) is 12.7. The summed E-state index contributed by atoms with van der Waals surface area (Å²) in [5, 5.41) is 68.3. The van der Waals surface area contributed by atoms with Crippen molar-refractivity contribution in [2.75, 3.05) is 54.5 Å². The second-order valence-corrected chi connectivity index (χ2v) is 20.0. The summed E-state index contributed by atoms with van der Waals surface area (Å²) < 4.78 is 77.5. The maximum atomic E-state index is 13.3. The molecule has 4 aromatic carbocycles. The van der Waals surface area contributed by atoms with Crippen molar-refractivity contribution in [2.45, 2.75) is 59.3 Å². The molecule has 2 fully saturated rings. The summed E-state index contributed by atoms with van der Waals surface area (Å²) in [4.78, 5) is 14.7. The summed E-state index contributed by atoms with van der Waals surface area (Å²) >= 11 is 6.25. The van der Waals surface area contributed by atoms with Gasteiger partial charge in [-0.25, -0.2) is 22.5 Å². The predicted octanol–water partition coefficient (Wildman–Crippen LogP) is 8.02. The van der Waals surface area contributed by atoms with E-state index in [0.717, 1.165) is 5.56 Å². The van der Waals surface area contributed by atoms with Crippen LogP contribution in [0.15, 0.2) is 121 Å². The molecular formula is C57H52ClF4N7O8. The van der Waals surface area contributed by atoms with Crippen LogP contribution in [0, 0.1) is 41.1 Å². The molecule has 0 spiro atoms. The zero-order valence-corrected chi connectivity index (χ0v) is 42.7. The Morgan fingerprint density at radius 3 is 1.42 bits per heavy atom. The van der Waals surface area contributed by atoms with E-state index in [1.54, 1.807) is 55.6 Å². The van der Waals surface area contributed by atoms with Crippen molar-refractivity contribution in [3.05, 3.63) is 182 Å². The molecule has 2 aromatic heterocycles. The molecule has 398 valence electrons. The molecule has 4 aliphatic rings. The number of hydrogen-bond acceptors (Lipinski definition) is 14. The standard InChI is InChI=1S/C29H26F2N4O4.C28H26ClF2N3O4/c1-33-23-13-21-25(27(34-23)38-3)28(37)26(36)20(15-35(2)16-22(30)31)24(18-7-5-4-6-8-18)29(28,39-21)19-11-9-17(14-32)10-12-19;1-34(15-22(30)31)14-19-23(17-6-4-3-5-7-17)28(18-10-8-16(13-32)9-11-18)27(36,25(19)35)24-20(38-28)12-21(29)33-26(24)37-2/h4-13,20,22,24,26,36-37H,15-16H2,2-3H3;3-12,19,22-23,25,35-36H,14-15H2,1-2H3/t20-,24-,26-,28+,29+;19-,23-,25-,27+,28+/m11/s1. The van der Waals surface area contributed by atoms with Gasteiger partial charge in [-0.3, -0.25) is 0 Å². The van der Waals surface area contributed by atoms with Crippen LogP contribution in [0.3, 0.4) is 0 Å². The zero-order chi connectivity index (χ0) is 55.2. The van der Waals surface area contributed by atoms with Gasteiger partial charge in [0, 0.05) is 48.9 Å². The molecule has 20 heteroatoms. The SMILES string of the molecule is COc1nc(Cl)cc2c1[C@]1(O)[C@H](O)[C@H](CN(C)CC(F)F)[C@@H](c3ccccc3)[C@]1(c1ccc(C#N)cc1)O2.[C-]#[N+]c1cc2c(c(OC)n1)[C@]1(O)[C@H](O)[C@H](CN(C)CC(F)F)[C@@H](c3ccccc3)[C@]1(c1ccc(C#N)cc1)O2. The highest BCUT2D eigenvalue weighted by Crippen LogP contribution is 2.71. The molecule has 2 aliphatic carbocycles. The fraction of sp³-hybridized carbons (Fsp3) is 0.351. The monoisotopic (exact) mass is 1070 g/mol. The third-order valence-electron chi connectivity index (χ3n) is 15.3. The summed E-state index contributed by atoms with van der Waals surface area (Å²) in [6.07, 6.45) is -8.17. The highest BCUT2D eigenvalue weighted by Gasteiger charge is 2.78. The van der Waals surface area contributed by atoms with Crippen molar-refractivity contribution in [1.29, 1.82) is 10.5 Å². The molecule has 0 unspecified atom stereocenters. The average Bonchev–Trinajstić information content (AvgIpc) is 3.10. The van der Waals surface area contributed by atoms with E-state index in [4.69, 9.17) is 37.1 Å². The molecule has 2 aliphatic heterocycles. The first-order valence-corrected chi connectivity index (χ1v) is 24.7. The number of aromatic nitrogens is 2. The van der Waals surface area contributed by atoms with Crippen molar-refractivity contribution in [3.63, 3.8) is 0 Å². The van der Waals surface area contributed by atoms with Gasteiger partial charge in [-0.1, -0.05) is 108 Å². The Labute approximate surface area is 446 Å². The Balaban J connectivity index is 0.000000188. The number of benzene rings is 4. The van der Waals surface area contributed by atoms with Gasteiger partial charge in [-0.15, -0.1) is 0 Å². The second-order valence-electron chi connectivity index (χ2n) is 19.6. The predicted molar refractivity (Wildman–Crippen MR) is 272 cm³/mol. The molecule has 10 atom stereocenters. The van der Waals surface area contributed by atoms with Gasteiger partial charge in [0.1, 0.15) is 22.2 Å². The topological polar surface area (TPSA) is 202 Å². The lowest BCUT2D eigenvalue weighted by Gasteiger charge is -2.41. The lowest BCUT2D eigenvalue weighted by molar-refractivity contribution is -0.152. The first kappa shape index (κ1) is 54.4. The molecule has 0 bridgehead atoms. The van der Waals surface area contributed by atoms with Gasteiger partial charge in [0.2, 0.25) is 5.88 Å². The molecule has 4 N–H and O–H groups in total. The van der Waals surface area contributed by atoms with Gasteiger partial charge in [0.25, 0.3) is 18.7 Å². The summed E-state index contributed by atoms with van der Waals surface area (Å²) in [7, 11) is 5.79. The van der Waals surface area contributed by atoms with Crippen LogP contribution in [-0.2, 0) is 22.4 Å². The summed E-state index contributed by atoms with van der Waals surface area (Å²) in [6.45, 7) is 6.48. The van der Waals surface area contributed by atoms with E-state index in [0.29, 0.717) is 27.8 Å². The van der Waals surface area contributed by atoms with Gasteiger partial charge in [0.05, 0.1) is 68.3 Å². The molecule has 6 aromatic rings. The normalized spacial score (nSPS) is 27.3. The highest BCUT2D eigenvalue weighted by molar-refractivity contribution is 6.29. The zero-order valence-electron chi connectivity index (χ0n) is 41.9. The van der Waals surface area contributed by atoms with E-state index in [-0.39, 0.29) is 58.4 Å². The van der Waals surface area contributed by atoms with Crippen LogP contribution in [0.4, 0.5) is 23.4 Å². The number of aliphatic hydroxyl groups is 4. The minimum absolute atomic E-state index is 0.0139. The molecule has 10 rings (SSSR count). The molecule has 0 saturated heterocycles. The van der Waals surface area contributed by atoms with Crippen LogP contribution in [0.5, 0.6) is 23.3 Å². The number of ether oxygens (including phenoxy) is 4. The maximum Gasteiger partial charge on any atom is 0.319 e. The number of hydrogen-bond donors (Lipinski definition) is 4. The quantitative estimate of drug-likeness (QED) is 0.0464. The number of nitrogens with zero attached hydrogens (tertiary/aromatic N) is 7. The highest BCUT2D eigenvalue weighted by atomic mass is 35.5. The van der Waals surface area contributed by atoms with Gasteiger partial charge < -0.3 is 54.0 Å². The summed E-state index contributed by atoms with van der Waals surface area (Å²) in [5.41, 5.74) is -4.24. The minimum atomic E-state index is -2.59. The Kier molecular flexibility index (Phi) is 15.0.